The molecule has 8 heteroatoms. The number of halogens is 1. The third kappa shape index (κ3) is 4.36. The van der Waals surface area contributed by atoms with Crippen LogP contribution in [0.1, 0.15) is 75.1 Å². The molecule has 2 atom stereocenters. The summed E-state index contributed by atoms with van der Waals surface area (Å²) >= 11 is 0. The largest absolute Gasteiger partial charge is 0.378 e. The van der Waals surface area contributed by atoms with Gasteiger partial charge in [0.15, 0.2) is 5.69 Å². The minimum atomic E-state index is -0.0446. The Hall–Kier alpha value is -1.18. The van der Waals surface area contributed by atoms with E-state index in [2.05, 4.69) is 36.4 Å². The zero-order chi connectivity index (χ0) is 19.6. The van der Waals surface area contributed by atoms with Gasteiger partial charge in [-0.2, -0.15) is 0 Å². The van der Waals surface area contributed by atoms with Crippen molar-refractivity contribution in [1.82, 2.24) is 25.2 Å². The van der Waals surface area contributed by atoms with Crippen LogP contribution in [0.5, 0.6) is 0 Å². The van der Waals surface area contributed by atoms with E-state index in [9.17, 15) is 4.79 Å². The van der Waals surface area contributed by atoms with E-state index in [4.69, 9.17) is 4.74 Å². The molecule has 2 heterocycles. The summed E-state index contributed by atoms with van der Waals surface area (Å²) in [6.07, 6.45) is 5.39. The highest BCUT2D eigenvalue weighted by atomic mass is 35.5. The van der Waals surface area contributed by atoms with E-state index in [-0.39, 0.29) is 35.9 Å². The maximum absolute atomic E-state index is 13.1. The first-order chi connectivity index (χ1) is 12.9. The van der Waals surface area contributed by atoms with Crippen LogP contribution in [0, 0.1) is 12.3 Å². The first-order valence-corrected chi connectivity index (χ1v) is 10.4. The SMILES string of the molecule is CCCCOC1CC(N(C)C(=O)c2nnn(C3CCNCC3)c2C)C1(C)C.Cl. The fourth-order valence-corrected chi connectivity index (χ4v) is 4.42. The Kier molecular flexibility index (Phi) is 7.88. The van der Waals surface area contributed by atoms with E-state index in [1.807, 2.05) is 23.6 Å². The van der Waals surface area contributed by atoms with E-state index in [0.717, 1.165) is 57.5 Å². The molecule has 1 aromatic heterocycles. The lowest BCUT2D eigenvalue weighted by Gasteiger charge is -2.54. The molecule has 0 radical (unpaired) electrons. The van der Waals surface area contributed by atoms with Gasteiger partial charge >= 0.3 is 0 Å². The Morgan fingerprint density at radius 1 is 1.36 bits per heavy atom. The quantitative estimate of drug-likeness (QED) is 0.695. The van der Waals surface area contributed by atoms with Crippen molar-refractivity contribution < 1.29 is 9.53 Å². The Balaban J connectivity index is 0.00000280. The molecule has 28 heavy (non-hydrogen) atoms. The number of nitrogens with one attached hydrogen (secondary N) is 1. The van der Waals surface area contributed by atoms with Crippen molar-refractivity contribution in [1.29, 1.82) is 0 Å². The summed E-state index contributed by atoms with van der Waals surface area (Å²) in [7, 11) is 1.89. The van der Waals surface area contributed by atoms with Gasteiger partial charge in [-0.05, 0) is 45.7 Å². The third-order valence-electron chi connectivity index (χ3n) is 6.52. The summed E-state index contributed by atoms with van der Waals surface area (Å²) in [5.74, 6) is -0.0298. The number of piperidine rings is 1. The van der Waals surface area contributed by atoms with E-state index in [0.29, 0.717) is 11.7 Å². The minimum absolute atomic E-state index is 0. The van der Waals surface area contributed by atoms with Crippen molar-refractivity contribution in [2.75, 3.05) is 26.7 Å². The van der Waals surface area contributed by atoms with Crippen molar-refractivity contribution >= 4 is 18.3 Å². The molecule has 1 N–H and O–H groups in total. The highest BCUT2D eigenvalue weighted by molar-refractivity contribution is 5.93. The molecule has 2 unspecified atom stereocenters. The van der Waals surface area contributed by atoms with Crippen LogP contribution < -0.4 is 5.32 Å². The number of unbranched alkanes of at least 4 members (excludes halogenated alkanes) is 1. The molecule has 2 aliphatic rings. The van der Waals surface area contributed by atoms with Gasteiger partial charge in [0.2, 0.25) is 0 Å². The van der Waals surface area contributed by atoms with Gasteiger partial charge in [0, 0.05) is 25.1 Å². The average molecular weight is 414 g/mol. The van der Waals surface area contributed by atoms with Gasteiger partial charge in [0.1, 0.15) is 0 Å². The predicted molar refractivity (Wildman–Crippen MR) is 112 cm³/mol. The maximum Gasteiger partial charge on any atom is 0.276 e. The second-order valence-electron chi connectivity index (χ2n) is 8.65. The van der Waals surface area contributed by atoms with Gasteiger partial charge in [-0.1, -0.05) is 32.4 Å². The molecule has 1 aliphatic carbocycles. The first kappa shape index (κ1) is 23.1. The summed E-state index contributed by atoms with van der Waals surface area (Å²) in [5.41, 5.74) is 1.32. The van der Waals surface area contributed by atoms with E-state index in [1.165, 1.54) is 0 Å². The maximum atomic E-state index is 13.1. The number of rotatable bonds is 7. The number of hydrogen-bond donors (Lipinski definition) is 1. The van der Waals surface area contributed by atoms with Crippen molar-refractivity contribution in [3.8, 4) is 0 Å². The van der Waals surface area contributed by atoms with Gasteiger partial charge in [-0.3, -0.25) is 4.79 Å². The van der Waals surface area contributed by atoms with Crippen molar-refractivity contribution in [2.45, 2.75) is 78.0 Å². The number of amides is 1. The Bertz CT molecular complexity index is 657. The van der Waals surface area contributed by atoms with Crippen LogP contribution in [-0.4, -0.2) is 64.7 Å². The van der Waals surface area contributed by atoms with Gasteiger partial charge in [-0.25, -0.2) is 4.68 Å². The minimum Gasteiger partial charge on any atom is -0.378 e. The third-order valence-corrected chi connectivity index (χ3v) is 6.52. The number of carbonyl (C=O) groups excluding carboxylic acids is 1. The summed E-state index contributed by atoms with van der Waals surface area (Å²) in [6.45, 7) is 11.3. The van der Waals surface area contributed by atoms with Gasteiger partial charge in [0.05, 0.1) is 17.8 Å². The molecule has 1 aromatic rings. The van der Waals surface area contributed by atoms with Crippen molar-refractivity contribution in [3.63, 3.8) is 0 Å². The molecule has 0 spiro atoms. The molecule has 2 fully saturated rings. The highest BCUT2D eigenvalue weighted by Gasteiger charge is 2.52. The van der Waals surface area contributed by atoms with E-state index >= 15 is 0 Å². The van der Waals surface area contributed by atoms with Crippen LogP contribution in [0.2, 0.25) is 0 Å². The molecule has 1 saturated carbocycles. The molecule has 7 nitrogen and oxygen atoms in total. The second kappa shape index (κ2) is 9.55. The number of nitrogens with zero attached hydrogens (tertiary/aromatic N) is 4. The lowest BCUT2D eigenvalue weighted by Crippen LogP contribution is -2.62. The molecule has 1 amide bonds. The number of ether oxygens (including phenoxy) is 1. The topological polar surface area (TPSA) is 72.3 Å². The zero-order valence-corrected chi connectivity index (χ0v) is 18.7. The van der Waals surface area contributed by atoms with Crippen LogP contribution in [0.4, 0.5) is 0 Å². The molecule has 1 aliphatic heterocycles. The van der Waals surface area contributed by atoms with Crippen LogP contribution >= 0.6 is 12.4 Å². The molecule has 3 rings (SSSR count). The lowest BCUT2D eigenvalue weighted by molar-refractivity contribution is -0.140. The lowest BCUT2D eigenvalue weighted by atomic mass is 9.63. The zero-order valence-electron chi connectivity index (χ0n) is 17.9. The van der Waals surface area contributed by atoms with Gasteiger partial charge in [-0.15, -0.1) is 17.5 Å². The Morgan fingerprint density at radius 3 is 2.64 bits per heavy atom. The fraction of sp³-hybridized carbons (Fsp3) is 0.850. The molecule has 0 bridgehead atoms. The van der Waals surface area contributed by atoms with Crippen LogP contribution in [0.15, 0.2) is 0 Å². The van der Waals surface area contributed by atoms with E-state index in [1.54, 1.807) is 0 Å². The Labute approximate surface area is 175 Å². The highest BCUT2D eigenvalue weighted by Crippen LogP contribution is 2.45. The van der Waals surface area contributed by atoms with Crippen LogP contribution in [0.3, 0.4) is 0 Å². The van der Waals surface area contributed by atoms with Crippen LogP contribution in [0.25, 0.3) is 0 Å². The summed E-state index contributed by atoms with van der Waals surface area (Å²) in [6, 6.07) is 0.502. The first-order valence-electron chi connectivity index (χ1n) is 10.4. The summed E-state index contributed by atoms with van der Waals surface area (Å²) in [4.78, 5) is 15.0. The molecular weight excluding hydrogens is 378 g/mol. The number of carbonyl (C=O) groups is 1. The van der Waals surface area contributed by atoms with Crippen LogP contribution in [-0.2, 0) is 4.74 Å². The molecule has 1 saturated heterocycles. The molecular formula is C20H36ClN5O2. The monoisotopic (exact) mass is 413 g/mol. The predicted octanol–water partition coefficient (Wildman–Crippen LogP) is 2.99. The van der Waals surface area contributed by atoms with Gasteiger partial charge < -0.3 is 15.0 Å². The summed E-state index contributed by atoms with van der Waals surface area (Å²) in [5, 5.41) is 11.9. The summed E-state index contributed by atoms with van der Waals surface area (Å²) < 4.78 is 7.98. The molecule has 0 aromatic carbocycles. The molecule has 160 valence electrons. The average Bonchev–Trinajstić information content (AvgIpc) is 3.05. The van der Waals surface area contributed by atoms with Gasteiger partial charge in [0.25, 0.3) is 5.91 Å². The normalized spacial score (nSPS) is 24.3. The fourth-order valence-electron chi connectivity index (χ4n) is 4.42. The van der Waals surface area contributed by atoms with Crippen molar-refractivity contribution in [2.24, 2.45) is 5.41 Å². The number of hydrogen-bond acceptors (Lipinski definition) is 5. The Morgan fingerprint density at radius 2 is 2.04 bits per heavy atom. The van der Waals surface area contributed by atoms with E-state index < -0.39 is 0 Å². The van der Waals surface area contributed by atoms with Crippen molar-refractivity contribution in [3.05, 3.63) is 11.4 Å². The second-order valence-corrected chi connectivity index (χ2v) is 8.65. The standard InChI is InChI=1S/C20H35N5O2.ClH/c1-6-7-12-27-17-13-16(20(17,3)4)24(5)19(26)18-14(2)25(23-22-18)15-8-10-21-11-9-15;/h15-17,21H,6-13H2,1-5H3;1H. The number of aromatic nitrogens is 3. The smallest absolute Gasteiger partial charge is 0.276 e.